The fourth-order valence-corrected chi connectivity index (χ4v) is 2.89. The first-order chi connectivity index (χ1) is 11.5. The molecule has 2 rings (SSSR count). The first-order valence-electron chi connectivity index (χ1n) is 8.49. The normalized spacial score (nSPS) is 12.7. The topological polar surface area (TPSA) is 46.5 Å². The van der Waals surface area contributed by atoms with E-state index in [1.165, 1.54) is 0 Å². The average molecular weight is 326 g/mol. The molecule has 0 saturated heterocycles. The minimum atomic E-state index is -1.11. The Bertz CT molecular complexity index is 643. The number of aliphatic hydroxyl groups is 1. The number of esters is 1. The van der Waals surface area contributed by atoms with E-state index in [-0.39, 0.29) is 12.6 Å². The lowest BCUT2D eigenvalue weighted by Gasteiger charge is -2.33. The van der Waals surface area contributed by atoms with Crippen molar-refractivity contribution >= 4 is 5.97 Å². The molecule has 0 aliphatic heterocycles. The van der Waals surface area contributed by atoms with Crippen LogP contribution in [-0.4, -0.2) is 16.7 Å². The quantitative estimate of drug-likeness (QED) is 0.768. The highest BCUT2D eigenvalue weighted by atomic mass is 16.5. The summed E-state index contributed by atoms with van der Waals surface area (Å²) in [6.07, 6.45) is 0.977. The van der Waals surface area contributed by atoms with Crippen LogP contribution in [-0.2, 0) is 16.1 Å². The Labute approximate surface area is 144 Å². The molecule has 0 saturated carbocycles. The second kappa shape index (κ2) is 8.11. The molecule has 3 heteroatoms. The maximum Gasteiger partial charge on any atom is 0.316 e. The first-order valence-corrected chi connectivity index (χ1v) is 8.49. The van der Waals surface area contributed by atoms with E-state index in [1.54, 1.807) is 0 Å². The number of benzene rings is 2. The van der Waals surface area contributed by atoms with E-state index in [2.05, 4.69) is 0 Å². The van der Waals surface area contributed by atoms with Gasteiger partial charge in [-0.3, -0.25) is 4.79 Å². The molecule has 24 heavy (non-hydrogen) atoms. The number of carbonyl (C=O) groups excluding carboxylic acids is 1. The molecule has 2 aromatic carbocycles. The predicted octanol–water partition coefficient (Wildman–Crippen LogP) is 4.37. The molecule has 0 heterocycles. The van der Waals surface area contributed by atoms with Gasteiger partial charge < -0.3 is 9.84 Å². The van der Waals surface area contributed by atoms with Crippen LogP contribution in [0.4, 0.5) is 0 Å². The molecule has 1 N–H and O–H groups in total. The van der Waals surface area contributed by atoms with Crippen molar-refractivity contribution in [2.24, 2.45) is 0 Å². The maximum atomic E-state index is 12.8. The van der Waals surface area contributed by atoms with Crippen LogP contribution in [0.3, 0.4) is 0 Å². The van der Waals surface area contributed by atoms with Gasteiger partial charge in [-0.05, 0) is 30.9 Å². The SMILES string of the molecule is CCC(O)(CC)C(C(=O)OCc1ccccc1)c1ccc(C)cc1. The molecule has 0 aliphatic rings. The van der Waals surface area contributed by atoms with E-state index in [9.17, 15) is 9.90 Å². The molecular weight excluding hydrogens is 300 g/mol. The second-order valence-electron chi connectivity index (χ2n) is 6.25. The highest BCUT2D eigenvalue weighted by molar-refractivity contribution is 5.80. The predicted molar refractivity (Wildman–Crippen MR) is 95.7 cm³/mol. The largest absolute Gasteiger partial charge is 0.460 e. The first kappa shape index (κ1) is 18.2. The van der Waals surface area contributed by atoms with Gasteiger partial charge in [0.15, 0.2) is 0 Å². The Hall–Kier alpha value is -2.13. The fraction of sp³-hybridized carbons (Fsp3) is 0.381. The second-order valence-corrected chi connectivity index (χ2v) is 6.25. The standard InChI is InChI=1S/C21H26O3/c1-4-21(23,5-2)19(18-13-11-16(3)12-14-18)20(22)24-15-17-9-7-6-8-10-17/h6-14,19,23H,4-5,15H2,1-3H3. The summed E-state index contributed by atoms with van der Waals surface area (Å²) in [7, 11) is 0. The number of hydrogen-bond acceptors (Lipinski definition) is 3. The Morgan fingerprint density at radius 3 is 2.17 bits per heavy atom. The minimum absolute atomic E-state index is 0.214. The third-order valence-electron chi connectivity index (χ3n) is 4.63. The van der Waals surface area contributed by atoms with Crippen molar-refractivity contribution in [3.8, 4) is 0 Å². The molecule has 128 valence electrons. The van der Waals surface area contributed by atoms with Crippen LogP contribution in [0, 0.1) is 6.92 Å². The average Bonchev–Trinajstić information content (AvgIpc) is 2.62. The van der Waals surface area contributed by atoms with Gasteiger partial charge in [0.2, 0.25) is 0 Å². The number of ether oxygens (including phenoxy) is 1. The van der Waals surface area contributed by atoms with Gasteiger partial charge in [-0.15, -0.1) is 0 Å². The Morgan fingerprint density at radius 2 is 1.62 bits per heavy atom. The van der Waals surface area contributed by atoms with Gasteiger partial charge in [-0.2, -0.15) is 0 Å². The molecule has 0 bridgehead atoms. The fourth-order valence-electron chi connectivity index (χ4n) is 2.89. The van der Waals surface area contributed by atoms with Gasteiger partial charge >= 0.3 is 5.97 Å². The summed E-state index contributed by atoms with van der Waals surface area (Å²) in [4.78, 5) is 12.8. The molecule has 1 atom stereocenters. The lowest BCUT2D eigenvalue weighted by Crippen LogP contribution is -2.40. The molecule has 0 aliphatic carbocycles. The number of rotatable bonds is 7. The van der Waals surface area contributed by atoms with Crippen LogP contribution in [0.5, 0.6) is 0 Å². The van der Waals surface area contributed by atoms with Crippen molar-refractivity contribution in [2.75, 3.05) is 0 Å². The van der Waals surface area contributed by atoms with Gasteiger partial charge in [0.05, 0.1) is 5.60 Å². The van der Waals surface area contributed by atoms with Gasteiger partial charge in [0.1, 0.15) is 12.5 Å². The Kier molecular flexibility index (Phi) is 6.16. The molecule has 0 spiro atoms. The molecule has 1 unspecified atom stereocenters. The Balaban J connectivity index is 2.24. The van der Waals surface area contributed by atoms with Crippen LogP contribution >= 0.6 is 0 Å². The summed E-state index contributed by atoms with van der Waals surface area (Å²) in [5.74, 6) is -1.06. The van der Waals surface area contributed by atoms with Crippen molar-refractivity contribution in [3.63, 3.8) is 0 Å². The lowest BCUT2D eigenvalue weighted by atomic mass is 9.78. The van der Waals surface area contributed by atoms with Crippen molar-refractivity contribution in [1.29, 1.82) is 0 Å². The molecule has 2 aromatic rings. The third kappa shape index (κ3) is 4.24. The zero-order valence-electron chi connectivity index (χ0n) is 14.7. The van der Waals surface area contributed by atoms with Crippen molar-refractivity contribution in [1.82, 2.24) is 0 Å². The third-order valence-corrected chi connectivity index (χ3v) is 4.63. The smallest absolute Gasteiger partial charge is 0.316 e. The van der Waals surface area contributed by atoms with E-state index in [1.807, 2.05) is 75.4 Å². The zero-order chi connectivity index (χ0) is 17.6. The van der Waals surface area contributed by atoms with Gasteiger partial charge in [-0.25, -0.2) is 0 Å². The van der Waals surface area contributed by atoms with Crippen molar-refractivity contribution < 1.29 is 14.6 Å². The molecule has 0 radical (unpaired) electrons. The van der Waals surface area contributed by atoms with E-state index in [0.717, 1.165) is 16.7 Å². The van der Waals surface area contributed by atoms with E-state index >= 15 is 0 Å². The van der Waals surface area contributed by atoms with Crippen LogP contribution in [0.25, 0.3) is 0 Å². The molecule has 0 fully saturated rings. The van der Waals surface area contributed by atoms with Crippen LogP contribution in [0.15, 0.2) is 54.6 Å². The van der Waals surface area contributed by atoms with E-state index < -0.39 is 11.5 Å². The summed E-state index contributed by atoms with van der Waals surface area (Å²) in [5.41, 5.74) is 1.74. The molecule has 0 aromatic heterocycles. The van der Waals surface area contributed by atoms with Gasteiger partial charge in [-0.1, -0.05) is 74.0 Å². The van der Waals surface area contributed by atoms with Crippen molar-refractivity contribution in [3.05, 3.63) is 71.3 Å². The van der Waals surface area contributed by atoms with Crippen molar-refractivity contribution in [2.45, 2.75) is 51.7 Å². The van der Waals surface area contributed by atoms with E-state index in [0.29, 0.717) is 12.8 Å². The van der Waals surface area contributed by atoms with Gasteiger partial charge in [0, 0.05) is 0 Å². The van der Waals surface area contributed by atoms with Crippen LogP contribution in [0.2, 0.25) is 0 Å². The molecular formula is C21H26O3. The van der Waals surface area contributed by atoms with E-state index in [4.69, 9.17) is 4.74 Å². The summed E-state index contributed by atoms with van der Waals surface area (Å²) >= 11 is 0. The molecule has 0 amide bonds. The monoisotopic (exact) mass is 326 g/mol. The van der Waals surface area contributed by atoms with Crippen LogP contribution < -0.4 is 0 Å². The molecule has 3 nitrogen and oxygen atoms in total. The summed E-state index contributed by atoms with van der Waals surface area (Å²) < 4.78 is 5.53. The zero-order valence-corrected chi connectivity index (χ0v) is 14.7. The van der Waals surface area contributed by atoms with Gasteiger partial charge in [0.25, 0.3) is 0 Å². The van der Waals surface area contributed by atoms with Crippen LogP contribution in [0.1, 0.15) is 49.3 Å². The number of hydrogen-bond donors (Lipinski definition) is 1. The summed E-state index contributed by atoms with van der Waals surface area (Å²) in [5, 5.41) is 11.0. The maximum absolute atomic E-state index is 12.8. The number of carbonyl (C=O) groups is 1. The minimum Gasteiger partial charge on any atom is -0.460 e. The highest BCUT2D eigenvalue weighted by Gasteiger charge is 2.40. The highest BCUT2D eigenvalue weighted by Crippen LogP contribution is 2.35. The lowest BCUT2D eigenvalue weighted by molar-refractivity contribution is -0.154. The summed E-state index contributed by atoms with van der Waals surface area (Å²) in [6.45, 7) is 6.01. The summed E-state index contributed by atoms with van der Waals surface area (Å²) in [6, 6.07) is 17.3. The number of aryl methyl sites for hydroxylation is 1. The Morgan fingerprint density at radius 1 is 1.04 bits per heavy atom.